The summed E-state index contributed by atoms with van der Waals surface area (Å²) in [4.78, 5) is 26.5. The molecule has 2 atom stereocenters. The highest BCUT2D eigenvalue weighted by Gasteiger charge is 2.63. The summed E-state index contributed by atoms with van der Waals surface area (Å²) in [6.07, 6.45) is 0. The number of hydrogen-bond donors (Lipinski definition) is 0. The largest absolute Gasteiger partial charge is 0.468 e. The molecule has 0 N–H and O–H groups in total. The van der Waals surface area contributed by atoms with Crippen LogP contribution in [0.1, 0.15) is 24.1 Å². The molecule has 2 aromatic rings. The van der Waals surface area contributed by atoms with Crippen LogP contribution in [0.3, 0.4) is 0 Å². The van der Waals surface area contributed by atoms with Crippen molar-refractivity contribution in [2.45, 2.75) is 19.5 Å². The number of carbonyl (C=O) groups is 2. The van der Waals surface area contributed by atoms with Gasteiger partial charge >= 0.3 is 5.97 Å². The first-order valence-electron chi connectivity index (χ1n) is 7.67. The van der Waals surface area contributed by atoms with E-state index in [1.54, 1.807) is 24.0 Å². The third-order valence-electron chi connectivity index (χ3n) is 4.55. The molecule has 1 aliphatic rings. The van der Waals surface area contributed by atoms with E-state index in [4.69, 9.17) is 4.74 Å². The predicted molar refractivity (Wildman–Crippen MR) is 86.3 cm³/mol. The van der Waals surface area contributed by atoms with Gasteiger partial charge in [-0.3, -0.25) is 9.59 Å². The summed E-state index contributed by atoms with van der Waals surface area (Å²) in [5.41, 5.74) is 0.381. The van der Waals surface area contributed by atoms with Crippen LogP contribution in [0.4, 0.5) is 4.39 Å². The fourth-order valence-electron chi connectivity index (χ4n) is 3.29. The maximum Gasteiger partial charge on any atom is 0.323 e. The number of nitrogens with zero attached hydrogens (tertiary/aromatic N) is 1. The zero-order valence-electron chi connectivity index (χ0n) is 13.5. The first kappa shape index (κ1) is 16.2. The Morgan fingerprint density at radius 3 is 2.38 bits per heavy atom. The van der Waals surface area contributed by atoms with Gasteiger partial charge in [-0.25, -0.2) is 4.39 Å². The number of esters is 1. The quantitative estimate of drug-likeness (QED) is 0.492. The van der Waals surface area contributed by atoms with E-state index in [1.165, 1.54) is 19.2 Å². The summed E-state index contributed by atoms with van der Waals surface area (Å²) in [5.74, 6) is -1.22. The molecule has 0 bridgehead atoms. The molecule has 0 aliphatic carbocycles. The molecule has 0 spiro atoms. The van der Waals surface area contributed by atoms with Gasteiger partial charge in [-0.05, 0) is 30.2 Å². The molecule has 24 heavy (non-hydrogen) atoms. The van der Waals surface area contributed by atoms with Crippen molar-refractivity contribution < 1.29 is 18.7 Å². The lowest BCUT2D eigenvalue weighted by atomic mass is 9.69. The smallest absolute Gasteiger partial charge is 0.323 e. The zero-order chi connectivity index (χ0) is 17.3. The summed E-state index contributed by atoms with van der Waals surface area (Å²) in [6, 6.07) is 14.9. The van der Waals surface area contributed by atoms with E-state index < -0.39 is 17.4 Å². The highest BCUT2D eigenvalue weighted by molar-refractivity contribution is 6.08. The number of halogens is 1. The molecule has 1 amide bonds. The third kappa shape index (κ3) is 2.46. The lowest BCUT2D eigenvalue weighted by Gasteiger charge is -2.52. The van der Waals surface area contributed by atoms with Crippen molar-refractivity contribution in [3.05, 3.63) is 71.5 Å². The zero-order valence-corrected chi connectivity index (χ0v) is 13.5. The molecule has 0 radical (unpaired) electrons. The lowest BCUT2D eigenvalue weighted by Crippen LogP contribution is -2.65. The minimum atomic E-state index is -1.29. The molecule has 5 heteroatoms. The Morgan fingerprint density at radius 2 is 1.79 bits per heavy atom. The van der Waals surface area contributed by atoms with Gasteiger partial charge in [-0.15, -0.1) is 0 Å². The van der Waals surface area contributed by atoms with Gasteiger partial charge in [0, 0.05) is 6.54 Å². The molecule has 1 saturated heterocycles. The Hall–Kier alpha value is -2.69. The summed E-state index contributed by atoms with van der Waals surface area (Å²) < 4.78 is 18.1. The average Bonchev–Trinajstić information content (AvgIpc) is 2.62. The third-order valence-corrected chi connectivity index (χ3v) is 4.55. The van der Waals surface area contributed by atoms with Crippen molar-refractivity contribution >= 4 is 11.9 Å². The summed E-state index contributed by atoms with van der Waals surface area (Å²) >= 11 is 0. The van der Waals surface area contributed by atoms with Crippen LogP contribution >= 0.6 is 0 Å². The number of methoxy groups -OCH3 is 1. The highest BCUT2D eigenvalue weighted by Crippen LogP contribution is 2.51. The molecule has 124 valence electrons. The first-order chi connectivity index (χ1) is 11.5. The van der Waals surface area contributed by atoms with E-state index >= 15 is 0 Å². The molecule has 1 fully saturated rings. The molecular formula is C19H18FNO3. The average molecular weight is 327 g/mol. The van der Waals surface area contributed by atoms with E-state index in [0.717, 1.165) is 5.56 Å². The van der Waals surface area contributed by atoms with Crippen molar-refractivity contribution in [3.63, 3.8) is 0 Å². The number of ether oxygens (including phenoxy) is 1. The fraction of sp³-hybridized carbons (Fsp3) is 0.263. The Bertz CT molecular complexity index is 760. The van der Waals surface area contributed by atoms with Gasteiger partial charge in [0.25, 0.3) is 0 Å². The second-order valence-corrected chi connectivity index (χ2v) is 6.07. The number of carbonyl (C=O) groups excluding carboxylic acids is 2. The second kappa shape index (κ2) is 6.07. The number of likely N-dealkylation sites (tertiary alicyclic amines) is 1. The molecule has 3 rings (SSSR count). The van der Waals surface area contributed by atoms with Gasteiger partial charge in [-0.2, -0.15) is 0 Å². The maximum absolute atomic E-state index is 13.2. The van der Waals surface area contributed by atoms with Gasteiger partial charge in [0.15, 0.2) is 5.41 Å². The van der Waals surface area contributed by atoms with Gasteiger partial charge < -0.3 is 9.64 Å². The van der Waals surface area contributed by atoms with Crippen LogP contribution < -0.4 is 0 Å². The van der Waals surface area contributed by atoms with Gasteiger partial charge in [0.1, 0.15) is 5.82 Å². The van der Waals surface area contributed by atoms with E-state index in [1.807, 2.05) is 30.3 Å². The van der Waals surface area contributed by atoms with Crippen LogP contribution in [0.2, 0.25) is 0 Å². The SMILES string of the molecule is COC(=O)[C@@]1(C)C(=O)N(Cc2ccccc2)[C@H]1c1ccc(F)cc1. The van der Waals surface area contributed by atoms with Crippen molar-refractivity contribution in [1.29, 1.82) is 0 Å². The minimum absolute atomic E-state index is 0.285. The number of hydrogen-bond acceptors (Lipinski definition) is 3. The normalized spacial score (nSPS) is 22.9. The summed E-state index contributed by atoms with van der Waals surface area (Å²) in [6.45, 7) is 1.96. The standard InChI is InChI=1S/C19H18FNO3/c1-19(18(23)24-2)16(14-8-10-15(20)11-9-14)21(17(19)22)12-13-6-4-3-5-7-13/h3-11,16H,12H2,1-2H3/t16-,19+/m0/s1. The fourth-order valence-corrected chi connectivity index (χ4v) is 3.29. The summed E-state index contributed by atoms with van der Waals surface area (Å²) in [5, 5.41) is 0. The molecule has 1 aliphatic heterocycles. The van der Waals surface area contributed by atoms with Crippen LogP contribution in [0.15, 0.2) is 54.6 Å². The van der Waals surface area contributed by atoms with Crippen molar-refractivity contribution in [3.8, 4) is 0 Å². The highest BCUT2D eigenvalue weighted by atomic mass is 19.1. The van der Waals surface area contributed by atoms with Crippen LogP contribution in [-0.4, -0.2) is 23.9 Å². The Kier molecular flexibility index (Phi) is 4.09. The lowest BCUT2D eigenvalue weighted by molar-refractivity contribution is -0.188. The van der Waals surface area contributed by atoms with E-state index in [2.05, 4.69) is 0 Å². The monoisotopic (exact) mass is 327 g/mol. The Morgan fingerprint density at radius 1 is 1.17 bits per heavy atom. The number of β-lactam (4-membered cyclic amide) rings is 1. The van der Waals surface area contributed by atoms with Crippen LogP contribution in [0.25, 0.3) is 0 Å². The van der Waals surface area contributed by atoms with Gasteiger partial charge in [-0.1, -0.05) is 42.5 Å². The Balaban J connectivity index is 1.97. The molecule has 4 nitrogen and oxygen atoms in total. The second-order valence-electron chi connectivity index (χ2n) is 6.07. The molecule has 1 heterocycles. The van der Waals surface area contributed by atoms with E-state index in [9.17, 15) is 14.0 Å². The van der Waals surface area contributed by atoms with Crippen LogP contribution in [0.5, 0.6) is 0 Å². The summed E-state index contributed by atoms with van der Waals surface area (Å²) in [7, 11) is 1.27. The van der Waals surface area contributed by atoms with Gasteiger partial charge in [0.2, 0.25) is 5.91 Å². The molecule has 0 unspecified atom stereocenters. The number of rotatable bonds is 4. The first-order valence-corrected chi connectivity index (χ1v) is 7.67. The topological polar surface area (TPSA) is 46.6 Å². The Labute approximate surface area is 139 Å². The minimum Gasteiger partial charge on any atom is -0.468 e. The van der Waals surface area contributed by atoms with Crippen molar-refractivity contribution in [2.75, 3.05) is 7.11 Å². The van der Waals surface area contributed by atoms with Crippen molar-refractivity contribution in [2.24, 2.45) is 5.41 Å². The maximum atomic E-state index is 13.2. The molecular weight excluding hydrogens is 309 g/mol. The molecule has 2 aromatic carbocycles. The van der Waals surface area contributed by atoms with Crippen molar-refractivity contribution in [1.82, 2.24) is 4.90 Å². The van der Waals surface area contributed by atoms with Crippen LogP contribution in [-0.2, 0) is 20.9 Å². The van der Waals surface area contributed by atoms with Gasteiger partial charge in [0.05, 0.1) is 13.2 Å². The number of amides is 1. The van der Waals surface area contributed by atoms with E-state index in [0.29, 0.717) is 12.1 Å². The molecule has 0 saturated carbocycles. The number of benzene rings is 2. The van der Waals surface area contributed by atoms with E-state index in [-0.39, 0.29) is 11.7 Å². The van der Waals surface area contributed by atoms with Crippen LogP contribution in [0, 0.1) is 11.2 Å². The molecule has 0 aromatic heterocycles. The predicted octanol–water partition coefficient (Wildman–Crippen LogP) is 3.09.